The van der Waals surface area contributed by atoms with Gasteiger partial charge in [-0.2, -0.15) is 0 Å². The van der Waals surface area contributed by atoms with Crippen LogP contribution < -0.4 is 11.1 Å². The molecule has 4 rings (SSSR count). The number of nitrogen functional groups attached to an aromatic ring is 1. The summed E-state index contributed by atoms with van der Waals surface area (Å²) in [6.45, 7) is 1.28. The first-order valence-electron chi connectivity index (χ1n) is 8.64. The second kappa shape index (κ2) is 7.15. The van der Waals surface area contributed by atoms with Crippen LogP contribution in [0.3, 0.4) is 0 Å². The molecular weight excluding hydrogens is 336 g/mol. The van der Waals surface area contributed by atoms with E-state index in [4.69, 9.17) is 5.73 Å². The standard InChI is InChI=1S/C13H13N3O3.C5H9NO/c14-9-3-1-2-7-8(9)6-16(13(7)19)10-4-5-11(17)15-12(10)18;1-6-4-2-3-5(6)7/h1-3,10H,4-6,14H2,(H,15,17,18);2-4H2,1H3. The zero-order valence-electron chi connectivity index (χ0n) is 14.7. The van der Waals surface area contributed by atoms with Crippen LogP contribution in [0.15, 0.2) is 18.2 Å². The number of rotatable bonds is 1. The largest absolute Gasteiger partial charge is 0.398 e. The Kier molecular flexibility index (Phi) is 4.92. The number of likely N-dealkylation sites (tertiary alicyclic amines) is 1. The average molecular weight is 358 g/mol. The van der Waals surface area contributed by atoms with Crippen molar-refractivity contribution >= 4 is 29.3 Å². The number of carbonyl (C=O) groups is 4. The third-order valence-corrected chi connectivity index (χ3v) is 4.93. The minimum absolute atomic E-state index is 0.197. The monoisotopic (exact) mass is 358 g/mol. The second-order valence-corrected chi connectivity index (χ2v) is 6.69. The molecule has 8 nitrogen and oxygen atoms in total. The van der Waals surface area contributed by atoms with E-state index in [0.29, 0.717) is 30.1 Å². The van der Waals surface area contributed by atoms with E-state index < -0.39 is 11.9 Å². The number of carbonyl (C=O) groups excluding carboxylic acids is 4. The Labute approximate surface area is 151 Å². The number of hydrogen-bond donors (Lipinski definition) is 2. The normalized spacial score (nSPS) is 22.1. The fourth-order valence-electron chi connectivity index (χ4n) is 3.39. The number of benzene rings is 1. The van der Waals surface area contributed by atoms with Crippen LogP contribution in [0.4, 0.5) is 5.69 Å². The van der Waals surface area contributed by atoms with Crippen molar-refractivity contribution in [3.8, 4) is 0 Å². The summed E-state index contributed by atoms with van der Waals surface area (Å²) in [6, 6.07) is 4.58. The Morgan fingerprint density at radius 1 is 1.15 bits per heavy atom. The van der Waals surface area contributed by atoms with Crippen LogP contribution >= 0.6 is 0 Å². The van der Waals surface area contributed by atoms with Gasteiger partial charge in [-0.15, -0.1) is 0 Å². The fraction of sp³-hybridized carbons (Fsp3) is 0.444. The van der Waals surface area contributed by atoms with Gasteiger partial charge in [-0.05, 0) is 25.0 Å². The number of amides is 4. The van der Waals surface area contributed by atoms with Gasteiger partial charge in [0.25, 0.3) is 5.91 Å². The maximum absolute atomic E-state index is 12.3. The molecule has 0 spiro atoms. The SMILES string of the molecule is CN1CCCC1=O.Nc1cccc2c1CN(C1CCC(=O)NC1=O)C2=O. The van der Waals surface area contributed by atoms with Gasteiger partial charge < -0.3 is 15.5 Å². The molecule has 0 aliphatic carbocycles. The number of nitrogens with two attached hydrogens (primary N) is 1. The summed E-state index contributed by atoms with van der Waals surface area (Å²) in [5.41, 5.74) is 7.71. The van der Waals surface area contributed by atoms with Gasteiger partial charge in [-0.25, -0.2) is 0 Å². The summed E-state index contributed by atoms with van der Waals surface area (Å²) < 4.78 is 0. The lowest BCUT2D eigenvalue weighted by Crippen LogP contribution is -2.52. The number of imide groups is 1. The zero-order valence-corrected chi connectivity index (χ0v) is 14.7. The number of anilines is 1. The van der Waals surface area contributed by atoms with Crippen molar-refractivity contribution in [1.29, 1.82) is 0 Å². The van der Waals surface area contributed by atoms with Gasteiger partial charge in [0, 0.05) is 49.8 Å². The first-order valence-corrected chi connectivity index (χ1v) is 8.64. The van der Waals surface area contributed by atoms with Crippen LogP contribution in [-0.4, -0.2) is 53.1 Å². The van der Waals surface area contributed by atoms with E-state index in [1.54, 1.807) is 23.1 Å². The van der Waals surface area contributed by atoms with Crippen molar-refractivity contribution < 1.29 is 19.2 Å². The van der Waals surface area contributed by atoms with Crippen LogP contribution in [0.5, 0.6) is 0 Å². The molecule has 0 saturated carbocycles. The lowest BCUT2D eigenvalue weighted by atomic mass is 10.0. The van der Waals surface area contributed by atoms with Crippen molar-refractivity contribution in [3.05, 3.63) is 29.3 Å². The highest BCUT2D eigenvalue weighted by atomic mass is 16.2. The quantitative estimate of drug-likeness (QED) is 0.553. The summed E-state index contributed by atoms with van der Waals surface area (Å²) in [5.74, 6) is -0.599. The van der Waals surface area contributed by atoms with Gasteiger partial charge in [0.2, 0.25) is 17.7 Å². The second-order valence-electron chi connectivity index (χ2n) is 6.69. The highest BCUT2D eigenvalue weighted by Crippen LogP contribution is 2.30. The first kappa shape index (κ1) is 17.9. The molecule has 1 aromatic rings. The molecule has 26 heavy (non-hydrogen) atoms. The third-order valence-electron chi connectivity index (χ3n) is 4.93. The van der Waals surface area contributed by atoms with Crippen molar-refractivity contribution in [2.24, 2.45) is 0 Å². The molecule has 8 heteroatoms. The van der Waals surface area contributed by atoms with E-state index in [2.05, 4.69) is 5.32 Å². The summed E-state index contributed by atoms with van der Waals surface area (Å²) in [6.07, 6.45) is 2.43. The number of nitrogens with one attached hydrogen (secondary N) is 1. The molecule has 2 saturated heterocycles. The molecule has 0 radical (unpaired) electrons. The van der Waals surface area contributed by atoms with E-state index in [1.807, 2.05) is 7.05 Å². The summed E-state index contributed by atoms with van der Waals surface area (Å²) in [7, 11) is 1.84. The molecule has 4 amide bonds. The Hall–Kier alpha value is -2.90. The van der Waals surface area contributed by atoms with E-state index in [1.165, 1.54) is 4.90 Å². The van der Waals surface area contributed by atoms with Crippen LogP contribution in [0.2, 0.25) is 0 Å². The lowest BCUT2D eigenvalue weighted by molar-refractivity contribution is -0.137. The van der Waals surface area contributed by atoms with Crippen molar-refractivity contribution in [2.75, 3.05) is 19.3 Å². The third kappa shape index (κ3) is 3.40. The van der Waals surface area contributed by atoms with Gasteiger partial charge >= 0.3 is 0 Å². The molecule has 138 valence electrons. The topological polar surface area (TPSA) is 113 Å². The molecule has 3 aliphatic heterocycles. The minimum Gasteiger partial charge on any atom is -0.398 e. The average Bonchev–Trinajstić information content (AvgIpc) is 3.13. The number of hydrogen-bond acceptors (Lipinski definition) is 5. The molecule has 2 fully saturated rings. The van der Waals surface area contributed by atoms with E-state index in [-0.39, 0.29) is 18.2 Å². The van der Waals surface area contributed by atoms with E-state index in [0.717, 1.165) is 24.9 Å². The van der Waals surface area contributed by atoms with Gasteiger partial charge in [-0.1, -0.05) is 6.07 Å². The predicted molar refractivity (Wildman–Crippen MR) is 93.8 cm³/mol. The van der Waals surface area contributed by atoms with Gasteiger partial charge in [-0.3, -0.25) is 24.5 Å². The van der Waals surface area contributed by atoms with E-state index in [9.17, 15) is 19.2 Å². The summed E-state index contributed by atoms with van der Waals surface area (Å²) >= 11 is 0. The molecular formula is C18H22N4O4. The molecule has 0 aromatic heterocycles. The van der Waals surface area contributed by atoms with Gasteiger partial charge in [0.15, 0.2) is 0 Å². The maximum atomic E-state index is 12.3. The number of piperidine rings is 1. The molecule has 3 N–H and O–H groups in total. The Balaban J connectivity index is 0.000000236. The number of nitrogens with zero attached hydrogens (tertiary/aromatic N) is 2. The lowest BCUT2D eigenvalue weighted by Gasteiger charge is -2.29. The minimum atomic E-state index is -0.586. The molecule has 3 heterocycles. The predicted octanol–water partition coefficient (Wildman–Crippen LogP) is 0.268. The fourth-order valence-corrected chi connectivity index (χ4v) is 3.39. The molecule has 1 unspecified atom stereocenters. The van der Waals surface area contributed by atoms with Crippen molar-refractivity contribution in [3.63, 3.8) is 0 Å². The summed E-state index contributed by atoms with van der Waals surface area (Å²) in [5, 5.41) is 2.27. The van der Waals surface area contributed by atoms with Crippen LogP contribution in [0, 0.1) is 0 Å². The van der Waals surface area contributed by atoms with Crippen molar-refractivity contribution in [2.45, 2.75) is 38.3 Å². The molecule has 1 aromatic carbocycles. The Morgan fingerprint density at radius 2 is 1.92 bits per heavy atom. The van der Waals surface area contributed by atoms with Crippen LogP contribution in [0.1, 0.15) is 41.6 Å². The molecule has 0 bridgehead atoms. The number of fused-ring (bicyclic) bond motifs is 1. The van der Waals surface area contributed by atoms with Crippen molar-refractivity contribution in [1.82, 2.24) is 15.1 Å². The van der Waals surface area contributed by atoms with Gasteiger partial charge in [0.1, 0.15) is 6.04 Å². The maximum Gasteiger partial charge on any atom is 0.255 e. The zero-order chi connectivity index (χ0) is 18.8. The Bertz CT molecular complexity index is 776. The molecule has 1 atom stereocenters. The first-order chi connectivity index (χ1) is 12.4. The van der Waals surface area contributed by atoms with E-state index >= 15 is 0 Å². The van der Waals surface area contributed by atoms with Crippen LogP contribution in [0.25, 0.3) is 0 Å². The van der Waals surface area contributed by atoms with Crippen LogP contribution in [-0.2, 0) is 20.9 Å². The Morgan fingerprint density at radius 3 is 2.46 bits per heavy atom. The molecule has 3 aliphatic rings. The highest BCUT2D eigenvalue weighted by Gasteiger charge is 2.39. The highest BCUT2D eigenvalue weighted by molar-refractivity contribution is 6.06. The smallest absolute Gasteiger partial charge is 0.255 e. The summed E-state index contributed by atoms with van der Waals surface area (Å²) in [4.78, 5) is 49.0. The van der Waals surface area contributed by atoms with Gasteiger partial charge in [0.05, 0.1) is 0 Å².